The Bertz CT molecular complexity index is 316. The van der Waals surface area contributed by atoms with Crippen LogP contribution >= 0.6 is 0 Å². The number of hydrogen-bond acceptors (Lipinski definition) is 6. The molecule has 0 unspecified atom stereocenters. The van der Waals surface area contributed by atoms with Crippen molar-refractivity contribution in [3.05, 3.63) is 0 Å². The Balaban J connectivity index is 2.00. The Labute approximate surface area is 97.9 Å². The van der Waals surface area contributed by atoms with Crippen LogP contribution in [0.3, 0.4) is 0 Å². The van der Waals surface area contributed by atoms with Gasteiger partial charge in [0.1, 0.15) is 18.3 Å². The SMILES string of the molecule is CC1(C)O[C@H]2O[C@H]([C@@H](O)CC(=O)O)[C@H](O)[C@H]2O1. The summed E-state index contributed by atoms with van der Waals surface area (Å²) in [6, 6.07) is 0. The third kappa shape index (κ3) is 2.43. The summed E-state index contributed by atoms with van der Waals surface area (Å²) in [5.74, 6) is -2.01. The molecule has 0 bridgehead atoms. The van der Waals surface area contributed by atoms with Gasteiger partial charge in [-0.25, -0.2) is 0 Å². The summed E-state index contributed by atoms with van der Waals surface area (Å²) in [6.45, 7) is 3.37. The Morgan fingerprint density at radius 1 is 1.41 bits per heavy atom. The molecule has 0 aromatic carbocycles. The number of aliphatic hydroxyl groups excluding tert-OH is 2. The zero-order chi connectivity index (χ0) is 12.8. The van der Waals surface area contributed by atoms with Crippen molar-refractivity contribution in [2.75, 3.05) is 0 Å². The van der Waals surface area contributed by atoms with E-state index in [9.17, 15) is 15.0 Å². The van der Waals surface area contributed by atoms with Crippen LogP contribution in [0.5, 0.6) is 0 Å². The van der Waals surface area contributed by atoms with Crippen molar-refractivity contribution in [2.24, 2.45) is 0 Å². The first-order valence-electron chi connectivity index (χ1n) is 5.39. The van der Waals surface area contributed by atoms with Crippen LogP contribution in [0.2, 0.25) is 0 Å². The van der Waals surface area contributed by atoms with Gasteiger partial charge in [-0.3, -0.25) is 4.79 Å². The third-order valence-corrected chi connectivity index (χ3v) is 2.82. The van der Waals surface area contributed by atoms with Gasteiger partial charge in [-0.2, -0.15) is 0 Å². The van der Waals surface area contributed by atoms with Gasteiger partial charge in [-0.05, 0) is 13.8 Å². The number of fused-ring (bicyclic) bond motifs is 1. The van der Waals surface area contributed by atoms with Gasteiger partial charge in [0.2, 0.25) is 0 Å². The van der Waals surface area contributed by atoms with Gasteiger partial charge in [0, 0.05) is 0 Å². The van der Waals surface area contributed by atoms with E-state index in [0.717, 1.165) is 0 Å². The van der Waals surface area contributed by atoms with Crippen LogP contribution in [-0.4, -0.2) is 57.8 Å². The molecule has 3 N–H and O–H groups in total. The summed E-state index contributed by atoms with van der Waals surface area (Å²) in [5, 5.41) is 28.0. The van der Waals surface area contributed by atoms with Crippen LogP contribution in [-0.2, 0) is 19.0 Å². The quantitative estimate of drug-likeness (QED) is 0.591. The summed E-state index contributed by atoms with van der Waals surface area (Å²) in [7, 11) is 0. The molecule has 7 nitrogen and oxygen atoms in total. The van der Waals surface area contributed by atoms with Crippen LogP contribution in [0.1, 0.15) is 20.3 Å². The van der Waals surface area contributed by atoms with Crippen LogP contribution < -0.4 is 0 Å². The maximum atomic E-state index is 10.5. The van der Waals surface area contributed by atoms with E-state index in [1.165, 1.54) is 0 Å². The Kier molecular flexibility index (Phi) is 3.13. The molecule has 0 amide bonds. The molecule has 2 fully saturated rings. The van der Waals surface area contributed by atoms with Gasteiger partial charge in [0.25, 0.3) is 0 Å². The van der Waals surface area contributed by atoms with Crippen LogP contribution in [0, 0.1) is 0 Å². The van der Waals surface area contributed by atoms with Gasteiger partial charge in [0.15, 0.2) is 12.1 Å². The molecule has 0 aromatic heterocycles. The molecule has 2 saturated heterocycles. The van der Waals surface area contributed by atoms with Gasteiger partial charge in [-0.15, -0.1) is 0 Å². The maximum absolute atomic E-state index is 10.5. The lowest BCUT2D eigenvalue weighted by molar-refractivity contribution is -0.226. The minimum absolute atomic E-state index is 0.495. The Morgan fingerprint density at radius 2 is 2.06 bits per heavy atom. The van der Waals surface area contributed by atoms with Crippen molar-refractivity contribution >= 4 is 5.97 Å². The number of carbonyl (C=O) groups is 1. The van der Waals surface area contributed by atoms with E-state index in [4.69, 9.17) is 19.3 Å². The van der Waals surface area contributed by atoms with Crippen LogP contribution in [0.4, 0.5) is 0 Å². The number of hydrogen-bond donors (Lipinski definition) is 3. The highest BCUT2D eigenvalue weighted by Crippen LogP contribution is 2.38. The molecular formula is C10H16O7. The number of aliphatic hydroxyl groups is 2. The summed E-state index contributed by atoms with van der Waals surface area (Å²) in [6.07, 6.45) is -5.35. The number of carboxylic acid groups (broad SMARTS) is 1. The van der Waals surface area contributed by atoms with Crippen molar-refractivity contribution in [1.82, 2.24) is 0 Å². The largest absolute Gasteiger partial charge is 0.481 e. The van der Waals surface area contributed by atoms with Crippen molar-refractivity contribution < 1.29 is 34.3 Å². The second-order valence-electron chi connectivity index (χ2n) is 4.73. The monoisotopic (exact) mass is 248 g/mol. The van der Waals surface area contributed by atoms with Crippen molar-refractivity contribution in [1.29, 1.82) is 0 Å². The van der Waals surface area contributed by atoms with Gasteiger partial charge < -0.3 is 29.5 Å². The zero-order valence-electron chi connectivity index (χ0n) is 9.57. The maximum Gasteiger partial charge on any atom is 0.306 e. The molecule has 98 valence electrons. The highest BCUT2D eigenvalue weighted by Gasteiger charge is 2.55. The fourth-order valence-electron chi connectivity index (χ4n) is 2.13. The van der Waals surface area contributed by atoms with E-state index in [0.29, 0.717) is 0 Å². The third-order valence-electron chi connectivity index (χ3n) is 2.82. The van der Waals surface area contributed by atoms with Gasteiger partial charge in [0.05, 0.1) is 12.5 Å². The highest BCUT2D eigenvalue weighted by molar-refractivity contribution is 5.67. The second kappa shape index (κ2) is 4.18. The number of carboxylic acids is 1. The first-order chi connectivity index (χ1) is 7.80. The molecule has 0 spiro atoms. The molecule has 0 saturated carbocycles. The van der Waals surface area contributed by atoms with E-state index in [2.05, 4.69) is 0 Å². The van der Waals surface area contributed by atoms with Crippen molar-refractivity contribution in [3.63, 3.8) is 0 Å². The topological polar surface area (TPSA) is 105 Å². The molecule has 2 aliphatic rings. The highest BCUT2D eigenvalue weighted by atomic mass is 16.8. The average Bonchev–Trinajstić information content (AvgIpc) is 2.60. The van der Waals surface area contributed by atoms with E-state index in [1.54, 1.807) is 13.8 Å². The smallest absolute Gasteiger partial charge is 0.306 e. The summed E-state index contributed by atoms with van der Waals surface area (Å²) < 4.78 is 16.1. The van der Waals surface area contributed by atoms with Gasteiger partial charge >= 0.3 is 5.97 Å². The molecule has 2 aliphatic heterocycles. The minimum Gasteiger partial charge on any atom is -0.481 e. The molecule has 0 aromatic rings. The van der Waals surface area contributed by atoms with E-state index < -0.39 is 48.9 Å². The van der Waals surface area contributed by atoms with E-state index >= 15 is 0 Å². The lowest BCUT2D eigenvalue weighted by atomic mass is 10.0. The number of ether oxygens (including phenoxy) is 3. The summed E-state index contributed by atoms with van der Waals surface area (Å²) >= 11 is 0. The molecule has 0 radical (unpaired) electrons. The van der Waals surface area contributed by atoms with E-state index in [-0.39, 0.29) is 0 Å². The van der Waals surface area contributed by atoms with Crippen LogP contribution in [0.25, 0.3) is 0 Å². The van der Waals surface area contributed by atoms with Crippen LogP contribution in [0.15, 0.2) is 0 Å². The molecule has 17 heavy (non-hydrogen) atoms. The first kappa shape index (κ1) is 12.7. The summed E-state index contributed by atoms with van der Waals surface area (Å²) in [4.78, 5) is 10.5. The minimum atomic E-state index is -1.29. The predicted molar refractivity (Wildman–Crippen MR) is 53.0 cm³/mol. The molecule has 7 heteroatoms. The van der Waals surface area contributed by atoms with Gasteiger partial charge in [-0.1, -0.05) is 0 Å². The predicted octanol–water partition coefficient (Wildman–Crippen LogP) is -0.941. The summed E-state index contributed by atoms with van der Waals surface area (Å²) in [5.41, 5.74) is 0. The average molecular weight is 248 g/mol. The molecule has 2 rings (SSSR count). The van der Waals surface area contributed by atoms with Crippen molar-refractivity contribution in [3.8, 4) is 0 Å². The number of rotatable bonds is 3. The van der Waals surface area contributed by atoms with Crippen molar-refractivity contribution in [2.45, 2.75) is 56.8 Å². The standard InChI is InChI=1S/C10H16O7/c1-10(2)16-8-6(14)7(15-9(8)17-10)4(11)3-5(12)13/h4,6-9,11,14H,3H2,1-2H3,(H,12,13)/t4-,6-,7+,8+,9+/m0/s1. The fraction of sp³-hybridized carbons (Fsp3) is 0.900. The zero-order valence-corrected chi connectivity index (χ0v) is 9.57. The number of aliphatic carboxylic acids is 1. The second-order valence-corrected chi connectivity index (χ2v) is 4.73. The lowest BCUT2D eigenvalue weighted by Crippen LogP contribution is -2.41. The molecule has 5 atom stereocenters. The van der Waals surface area contributed by atoms with E-state index in [1.807, 2.05) is 0 Å². The lowest BCUT2D eigenvalue weighted by Gasteiger charge is -2.25. The Hall–Kier alpha value is -0.730. The molecule has 2 heterocycles. The normalized spacial score (nSPS) is 41.2. The first-order valence-corrected chi connectivity index (χ1v) is 5.39. The molecule has 0 aliphatic carbocycles. The fourth-order valence-corrected chi connectivity index (χ4v) is 2.13. The molecular weight excluding hydrogens is 232 g/mol. The Morgan fingerprint density at radius 3 is 2.59 bits per heavy atom.